The minimum Gasteiger partial charge on any atom is -0.406 e. The lowest BCUT2D eigenvalue weighted by Gasteiger charge is -2.38. The summed E-state index contributed by atoms with van der Waals surface area (Å²) in [5.74, 6) is 4.98. The molecule has 3 N–H and O–H groups in total. The van der Waals surface area contributed by atoms with Gasteiger partial charge in [-0.25, -0.2) is 10.6 Å². The third-order valence-electron chi connectivity index (χ3n) is 6.57. The molecule has 214 valence electrons. The molecule has 1 fully saturated rings. The van der Waals surface area contributed by atoms with Crippen molar-refractivity contribution in [2.75, 3.05) is 0 Å². The molecule has 0 bridgehead atoms. The van der Waals surface area contributed by atoms with E-state index in [1.165, 1.54) is 30.5 Å². The molecule has 2 aromatic carbocycles. The van der Waals surface area contributed by atoms with Crippen molar-refractivity contribution in [3.63, 3.8) is 0 Å². The fourth-order valence-electron chi connectivity index (χ4n) is 4.85. The van der Waals surface area contributed by atoms with Crippen LogP contribution >= 0.6 is 0 Å². The van der Waals surface area contributed by atoms with E-state index in [1.807, 2.05) is 0 Å². The Morgan fingerprint density at radius 2 is 1.43 bits per heavy atom. The van der Waals surface area contributed by atoms with E-state index in [1.54, 1.807) is 18.2 Å². The predicted molar refractivity (Wildman–Crippen MR) is 132 cm³/mol. The number of nitrogens with zero attached hydrogens (tertiary/aromatic N) is 2. The number of hydrazine groups is 1. The van der Waals surface area contributed by atoms with Gasteiger partial charge in [0.15, 0.2) is 0 Å². The Hall–Kier alpha value is -4.00. The summed E-state index contributed by atoms with van der Waals surface area (Å²) in [6, 6.07) is 13.5. The van der Waals surface area contributed by atoms with Gasteiger partial charge in [0.05, 0.1) is 5.54 Å². The number of urea groups is 1. The molecule has 1 aliphatic carbocycles. The smallest absolute Gasteiger partial charge is 0.406 e. The van der Waals surface area contributed by atoms with Crippen LogP contribution in [0.2, 0.25) is 0 Å². The van der Waals surface area contributed by atoms with Crippen LogP contribution in [0.5, 0.6) is 11.5 Å². The zero-order valence-electron chi connectivity index (χ0n) is 21.0. The van der Waals surface area contributed by atoms with Crippen LogP contribution in [0.3, 0.4) is 0 Å². The minimum atomic E-state index is -5.01. The van der Waals surface area contributed by atoms with Crippen LogP contribution in [0.25, 0.3) is 0 Å². The largest absolute Gasteiger partial charge is 0.573 e. The van der Waals surface area contributed by atoms with Gasteiger partial charge < -0.3 is 14.8 Å². The molecule has 3 aromatic rings. The lowest BCUT2D eigenvalue weighted by atomic mass is 9.78. The molecule has 0 unspecified atom stereocenters. The van der Waals surface area contributed by atoms with Gasteiger partial charge in [0.1, 0.15) is 11.5 Å². The Balaban J connectivity index is 1.89. The number of halogens is 6. The van der Waals surface area contributed by atoms with Crippen molar-refractivity contribution in [3.05, 3.63) is 89.7 Å². The van der Waals surface area contributed by atoms with Crippen LogP contribution < -0.4 is 20.6 Å². The highest BCUT2D eigenvalue weighted by Gasteiger charge is 2.41. The topological polar surface area (TPSA) is 89.7 Å². The molecule has 13 heteroatoms. The van der Waals surface area contributed by atoms with E-state index in [-0.39, 0.29) is 23.6 Å². The number of ether oxygens (including phenoxy) is 2. The number of alkyl halides is 6. The first-order chi connectivity index (χ1) is 18.8. The fourth-order valence-corrected chi connectivity index (χ4v) is 4.85. The molecule has 0 spiro atoms. The van der Waals surface area contributed by atoms with E-state index in [2.05, 4.69) is 19.8 Å². The van der Waals surface area contributed by atoms with E-state index in [0.717, 1.165) is 42.1 Å². The Morgan fingerprint density at radius 3 is 1.90 bits per heavy atom. The standard InChI is InChI=1S/C27H26F6N4O3/c28-26(29,30)39-22-12-5-7-18(15-22)25(17-20-9-3-4-14-35-20,36-24(38)37(34)21-10-1-2-11-21)19-8-6-13-23(16-19)40-27(31,32)33/h3-9,12-16,21H,1-2,10-11,17,34H2,(H,36,38). The highest BCUT2D eigenvalue weighted by atomic mass is 19.4. The summed E-state index contributed by atoms with van der Waals surface area (Å²) >= 11 is 0. The van der Waals surface area contributed by atoms with Crippen molar-refractivity contribution < 1.29 is 40.6 Å². The van der Waals surface area contributed by atoms with Crippen LogP contribution in [-0.2, 0) is 12.0 Å². The zero-order valence-corrected chi connectivity index (χ0v) is 21.0. The molecule has 1 heterocycles. The van der Waals surface area contributed by atoms with Crippen molar-refractivity contribution in [1.82, 2.24) is 15.3 Å². The summed E-state index contributed by atoms with van der Waals surface area (Å²) in [6.07, 6.45) is -5.69. The molecule has 0 atom stereocenters. The second kappa shape index (κ2) is 11.6. The summed E-state index contributed by atoms with van der Waals surface area (Å²) in [4.78, 5) is 17.8. The van der Waals surface area contributed by atoms with Crippen LogP contribution in [-0.4, -0.2) is 34.8 Å². The summed E-state index contributed by atoms with van der Waals surface area (Å²) in [6.45, 7) is 0. The number of carbonyl (C=O) groups is 1. The molecule has 0 radical (unpaired) electrons. The predicted octanol–water partition coefficient (Wildman–Crippen LogP) is 6.19. The van der Waals surface area contributed by atoms with E-state index < -0.39 is 35.8 Å². The van der Waals surface area contributed by atoms with Crippen LogP contribution in [0.15, 0.2) is 72.9 Å². The maximum absolute atomic E-state index is 13.6. The van der Waals surface area contributed by atoms with Gasteiger partial charge in [-0.3, -0.25) is 9.99 Å². The van der Waals surface area contributed by atoms with Gasteiger partial charge in [-0.1, -0.05) is 43.2 Å². The Kier molecular flexibility index (Phi) is 8.43. The molecule has 4 rings (SSSR count). The van der Waals surface area contributed by atoms with Gasteiger partial charge in [0.25, 0.3) is 0 Å². The maximum Gasteiger partial charge on any atom is 0.573 e. The quantitative estimate of drug-likeness (QED) is 0.146. The molecular formula is C27H26F6N4O3. The summed E-state index contributed by atoms with van der Waals surface area (Å²) in [7, 11) is 0. The normalized spacial score (nSPS) is 14.6. The third-order valence-corrected chi connectivity index (χ3v) is 6.57. The van der Waals surface area contributed by atoms with Crippen molar-refractivity contribution in [2.24, 2.45) is 5.84 Å². The average Bonchev–Trinajstić information content (AvgIpc) is 3.42. The number of carbonyl (C=O) groups excluding carboxylic acids is 1. The number of nitrogens with one attached hydrogen (secondary N) is 1. The van der Waals surface area contributed by atoms with Gasteiger partial charge in [-0.15, -0.1) is 26.3 Å². The van der Waals surface area contributed by atoms with E-state index in [4.69, 9.17) is 5.84 Å². The number of nitrogens with two attached hydrogens (primary N) is 1. The average molecular weight is 569 g/mol. The number of aromatic nitrogens is 1. The van der Waals surface area contributed by atoms with Crippen LogP contribution in [0.4, 0.5) is 31.1 Å². The van der Waals surface area contributed by atoms with Crippen molar-refractivity contribution in [3.8, 4) is 11.5 Å². The summed E-state index contributed by atoms with van der Waals surface area (Å²) in [5, 5.41) is 3.84. The Bertz CT molecular complexity index is 1240. The molecule has 40 heavy (non-hydrogen) atoms. The second-order valence-electron chi connectivity index (χ2n) is 9.33. The molecule has 0 saturated heterocycles. The lowest BCUT2D eigenvalue weighted by molar-refractivity contribution is -0.275. The molecular weight excluding hydrogens is 542 g/mol. The third kappa shape index (κ3) is 7.34. The minimum absolute atomic E-state index is 0.0808. The van der Waals surface area contributed by atoms with Crippen LogP contribution in [0.1, 0.15) is 42.5 Å². The maximum atomic E-state index is 13.6. The zero-order chi connectivity index (χ0) is 29.0. The van der Waals surface area contributed by atoms with Gasteiger partial charge in [0.2, 0.25) is 0 Å². The first-order valence-corrected chi connectivity index (χ1v) is 12.3. The first kappa shape index (κ1) is 29.0. The number of hydrogen-bond donors (Lipinski definition) is 2. The highest BCUT2D eigenvalue weighted by molar-refractivity contribution is 5.76. The van der Waals surface area contributed by atoms with E-state index in [9.17, 15) is 31.1 Å². The monoisotopic (exact) mass is 568 g/mol. The van der Waals surface area contributed by atoms with Gasteiger partial charge in [0, 0.05) is 24.4 Å². The van der Waals surface area contributed by atoms with Crippen molar-refractivity contribution in [2.45, 2.75) is 56.4 Å². The van der Waals surface area contributed by atoms with E-state index in [0.29, 0.717) is 18.5 Å². The number of amides is 2. The number of benzene rings is 2. The molecule has 1 aliphatic rings. The first-order valence-electron chi connectivity index (χ1n) is 12.3. The molecule has 0 aliphatic heterocycles. The fraction of sp³-hybridized carbons (Fsp3) is 0.333. The lowest BCUT2D eigenvalue weighted by Crippen LogP contribution is -2.57. The van der Waals surface area contributed by atoms with Gasteiger partial charge >= 0.3 is 18.8 Å². The SMILES string of the molecule is NN(C(=O)NC(Cc1ccccn1)(c1cccc(OC(F)(F)F)c1)c1cccc(OC(F)(F)F)c1)C1CCCC1. The molecule has 1 saturated carbocycles. The molecule has 1 aromatic heterocycles. The Morgan fingerprint density at radius 1 is 0.875 bits per heavy atom. The summed E-state index contributed by atoms with van der Waals surface area (Å²) in [5.41, 5.74) is -1.21. The number of pyridine rings is 1. The van der Waals surface area contributed by atoms with Gasteiger partial charge in [-0.05, 0) is 60.4 Å². The highest BCUT2D eigenvalue weighted by Crippen LogP contribution is 2.38. The van der Waals surface area contributed by atoms with Crippen LogP contribution in [0, 0.1) is 0 Å². The van der Waals surface area contributed by atoms with E-state index >= 15 is 0 Å². The second-order valence-corrected chi connectivity index (χ2v) is 9.33. The van der Waals surface area contributed by atoms with Crippen molar-refractivity contribution >= 4 is 6.03 Å². The number of rotatable bonds is 8. The van der Waals surface area contributed by atoms with Gasteiger partial charge in [-0.2, -0.15) is 0 Å². The van der Waals surface area contributed by atoms with Crippen molar-refractivity contribution in [1.29, 1.82) is 0 Å². The molecule has 7 nitrogen and oxygen atoms in total. The molecule has 2 amide bonds. The number of hydrogen-bond acceptors (Lipinski definition) is 5. The summed E-state index contributed by atoms with van der Waals surface area (Å²) < 4.78 is 86.8. The Labute approximate surface area is 225 Å².